The summed E-state index contributed by atoms with van der Waals surface area (Å²) in [7, 11) is 1.61. The third kappa shape index (κ3) is 4.96. The predicted molar refractivity (Wildman–Crippen MR) is 111 cm³/mol. The van der Waals surface area contributed by atoms with Crippen molar-refractivity contribution in [1.82, 2.24) is 20.2 Å². The zero-order valence-corrected chi connectivity index (χ0v) is 17.3. The summed E-state index contributed by atoms with van der Waals surface area (Å²) >= 11 is 0. The zero-order valence-electron chi connectivity index (χ0n) is 17.3. The highest BCUT2D eigenvalue weighted by Gasteiger charge is 2.27. The van der Waals surface area contributed by atoms with E-state index in [9.17, 15) is 9.59 Å². The fourth-order valence-corrected chi connectivity index (χ4v) is 3.66. The molecule has 1 aliphatic heterocycles. The standard InChI is InChI=1S/C22H30N4O3/c1-3-4-8-13-23-21(27)19-17-11-7-9-14-26(17)20(25-19)22(28)24-15-16-10-5-6-12-18(16)29-2/h5-6,10,12H,3-4,7-9,11,13-15H2,1-2H3,(H,23,27)(H,24,28). The molecule has 7 nitrogen and oxygen atoms in total. The van der Waals surface area contributed by atoms with Crippen LogP contribution in [0.1, 0.15) is 71.4 Å². The minimum absolute atomic E-state index is 0.185. The van der Waals surface area contributed by atoms with Crippen LogP contribution in [-0.2, 0) is 19.5 Å². The van der Waals surface area contributed by atoms with E-state index in [1.54, 1.807) is 7.11 Å². The van der Waals surface area contributed by atoms with Gasteiger partial charge in [0.2, 0.25) is 0 Å². The fraction of sp³-hybridized carbons (Fsp3) is 0.500. The molecule has 2 amide bonds. The molecule has 0 atom stereocenters. The van der Waals surface area contributed by atoms with Crippen molar-refractivity contribution >= 4 is 11.8 Å². The number of carbonyl (C=O) groups excluding carboxylic acids is 2. The number of para-hydroxylation sites is 1. The van der Waals surface area contributed by atoms with E-state index in [-0.39, 0.29) is 11.8 Å². The average molecular weight is 399 g/mol. The molecule has 2 N–H and O–H groups in total. The van der Waals surface area contributed by atoms with E-state index in [1.165, 1.54) is 0 Å². The monoisotopic (exact) mass is 398 g/mol. The lowest BCUT2D eigenvalue weighted by Gasteiger charge is -2.17. The number of nitrogens with zero attached hydrogens (tertiary/aromatic N) is 2. The molecule has 0 radical (unpaired) electrons. The van der Waals surface area contributed by atoms with Crippen molar-refractivity contribution in [2.45, 2.75) is 58.5 Å². The fourth-order valence-electron chi connectivity index (χ4n) is 3.66. The number of hydrogen-bond donors (Lipinski definition) is 2. The number of fused-ring (bicyclic) bond motifs is 1. The van der Waals surface area contributed by atoms with Crippen LogP contribution in [0.5, 0.6) is 5.75 Å². The first-order valence-electron chi connectivity index (χ1n) is 10.4. The quantitative estimate of drug-likeness (QED) is 0.636. The van der Waals surface area contributed by atoms with E-state index in [0.29, 0.717) is 31.2 Å². The Morgan fingerprint density at radius 3 is 2.76 bits per heavy atom. The van der Waals surface area contributed by atoms with Crippen LogP contribution in [0.25, 0.3) is 0 Å². The summed E-state index contributed by atoms with van der Waals surface area (Å²) < 4.78 is 7.24. The Hall–Kier alpha value is -2.83. The van der Waals surface area contributed by atoms with E-state index in [1.807, 2.05) is 28.8 Å². The zero-order chi connectivity index (χ0) is 20.6. The van der Waals surface area contributed by atoms with Gasteiger partial charge in [-0.1, -0.05) is 38.0 Å². The van der Waals surface area contributed by atoms with E-state index in [4.69, 9.17) is 4.74 Å². The SMILES string of the molecule is CCCCCNC(=O)c1nc(C(=O)NCc2ccccc2OC)n2c1CCCC2. The Kier molecular flexibility index (Phi) is 7.27. The van der Waals surface area contributed by atoms with E-state index in [2.05, 4.69) is 22.5 Å². The normalized spacial score (nSPS) is 12.9. The van der Waals surface area contributed by atoms with Crippen LogP contribution in [0.4, 0.5) is 0 Å². The molecule has 2 heterocycles. The maximum Gasteiger partial charge on any atom is 0.287 e. The maximum absolute atomic E-state index is 12.9. The lowest BCUT2D eigenvalue weighted by Crippen LogP contribution is -2.27. The molecular formula is C22H30N4O3. The highest BCUT2D eigenvalue weighted by atomic mass is 16.5. The van der Waals surface area contributed by atoms with Crippen molar-refractivity contribution in [3.63, 3.8) is 0 Å². The third-order valence-electron chi connectivity index (χ3n) is 5.23. The maximum atomic E-state index is 12.9. The number of ether oxygens (including phenoxy) is 1. The van der Waals surface area contributed by atoms with Crippen molar-refractivity contribution in [3.05, 3.63) is 47.0 Å². The Labute approximate surface area is 171 Å². The van der Waals surface area contributed by atoms with Gasteiger partial charge >= 0.3 is 0 Å². The molecule has 29 heavy (non-hydrogen) atoms. The smallest absolute Gasteiger partial charge is 0.287 e. The number of rotatable bonds is 9. The van der Waals surface area contributed by atoms with E-state index >= 15 is 0 Å². The number of carbonyl (C=O) groups is 2. The van der Waals surface area contributed by atoms with Gasteiger partial charge in [-0.15, -0.1) is 0 Å². The van der Waals surface area contributed by atoms with Gasteiger partial charge in [-0.05, 0) is 31.7 Å². The Morgan fingerprint density at radius 1 is 1.14 bits per heavy atom. The summed E-state index contributed by atoms with van der Waals surface area (Å²) in [5.41, 5.74) is 2.15. The van der Waals surface area contributed by atoms with Gasteiger partial charge in [-0.2, -0.15) is 0 Å². The highest BCUT2D eigenvalue weighted by molar-refractivity contribution is 5.97. The third-order valence-corrected chi connectivity index (χ3v) is 5.23. The van der Waals surface area contributed by atoms with Gasteiger partial charge in [0.1, 0.15) is 11.4 Å². The van der Waals surface area contributed by atoms with Gasteiger partial charge in [-0.25, -0.2) is 4.98 Å². The lowest BCUT2D eigenvalue weighted by atomic mass is 10.1. The number of nitrogens with one attached hydrogen (secondary N) is 2. The molecule has 0 unspecified atom stereocenters. The van der Waals surface area contributed by atoms with Crippen LogP contribution < -0.4 is 15.4 Å². The summed E-state index contributed by atoms with van der Waals surface area (Å²) in [6.07, 6.45) is 5.89. The van der Waals surface area contributed by atoms with Gasteiger partial charge in [0.25, 0.3) is 11.8 Å². The van der Waals surface area contributed by atoms with Crippen LogP contribution in [0.15, 0.2) is 24.3 Å². The van der Waals surface area contributed by atoms with Crippen molar-refractivity contribution in [2.24, 2.45) is 0 Å². The van der Waals surface area contributed by atoms with Crippen LogP contribution >= 0.6 is 0 Å². The first-order chi connectivity index (χ1) is 14.2. The molecule has 3 rings (SSSR count). The molecule has 0 fully saturated rings. The van der Waals surface area contributed by atoms with Crippen LogP contribution in [0.3, 0.4) is 0 Å². The molecular weight excluding hydrogens is 368 g/mol. The van der Waals surface area contributed by atoms with E-state index < -0.39 is 0 Å². The minimum Gasteiger partial charge on any atom is -0.496 e. The molecule has 7 heteroatoms. The molecule has 1 aromatic heterocycles. The highest BCUT2D eigenvalue weighted by Crippen LogP contribution is 2.22. The largest absolute Gasteiger partial charge is 0.496 e. The summed E-state index contributed by atoms with van der Waals surface area (Å²) in [4.78, 5) is 30.0. The van der Waals surface area contributed by atoms with E-state index in [0.717, 1.165) is 55.5 Å². The summed E-state index contributed by atoms with van der Waals surface area (Å²) in [6.45, 7) is 3.81. The molecule has 1 aliphatic rings. The molecule has 156 valence electrons. The van der Waals surface area contributed by atoms with Gasteiger partial charge < -0.3 is 19.9 Å². The number of amides is 2. The minimum atomic E-state index is -0.274. The molecule has 0 spiro atoms. The van der Waals surface area contributed by atoms with Crippen molar-refractivity contribution in [2.75, 3.05) is 13.7 Å². The number of aromatic nitrogens is 2. The predicted octanol–water partition coefficient (Wildman–Crippen LogP) is 3.08. The first kappa shape index (κ1) is 20.9. The van der Waals surface area contributed by atoms with Gasteiger partial charge in [-0.3, -0.25) is 9.59 Å². The summed E-state index contributed by atoms with van der Waals surface area (Å²) in [5.74, 6) is 0.582. The van der Waals surface area contributed by atoms with Crippen LogP contribution in [0.2, 0.25) is 0 Å². The number of unbranched alkanes of at least 4 members (excludes halogenated alkanes) is 2. The summed E-state index contributed by atoms with van der Waals surface area (Å²) in [6, 6.07) is 7.57. The number of hydrogen-bond acceptors (Lipinski definition) is 4. The second-order valence-corrected chi connectivity index (χ2v) is 7.30. The molecule has 0 saturated carbocycles. The number of methoxy groups -OCH3 is 1. The van der Waals surface area contributed by atoms with Crippen LogP contribution in [-0.4, -0.2) is 35.0 Å². The van der Waals surface area contributed by atoms with Crippen LogP contribution in [0, 0.1) is 0 Å². The first-order valence-corrected chi connectivity index (χ1v) is 10.4. The Bertz CT molecular complexity index is 860. The van der Waals surface area contributed by atoms with Crippen molar-refractivity contribution < 1.29 is 14.3 Å². The van der Waals surface area contributed by atoms with Crippen molar-refractivity contribution in [1.29, 1.82) is 0 Å². The second-order valence-electron chi connectivity index (χ2n) is 7.30. The Balaban J connectivity index is 1.74. The molecule has 0 saturated heterocycles. The lowest BCUT2D eigenvalue weighted by molar-refractivity contribution is 0.0934. The van der Waals surface area contributed by atoms with Crippen molar-refractivity contribution in [3.8, 4) is 5.75 Å². The summed E-state index contributed by atoms with van der Waals surface area (Å²) in [5, 5.41) is 5.86. The van der Waals surface area contributed by atoms with Gasteiger partial charge in [0, 0.05) is 25.2 Å². The second kappa shape index (κ2) is 10.1. The number of benzene rings is 1. The van der Waals surface area contributed by atoms with Gasteiger partial charge in [0.15, 0.2) is 5.82 Å². The topological polar surface area (TPSA) is 85.2 Å². The number of imidazole rings is 1. The molecule has 0 aliphatic carbocycles. The average Bonchev–Trinajstić information content (AvgIpc) is 3.15. The molecule has 1 aromatic carbocycles. The molecule has 2 aromatic rings. The van der Waals surface area contributed by atoms with Gasteiger partial charge in [0.05, 0.1) is 12.8 Å². The molecule has 0 bridgehead atoms. The Morgan fingerprint density at radius 2 is 1.97 bits per heavy atom.